The Morgan fingerprint density at radius 1 is 1.61 bits per heavy atom. The summed E-state index contributed by atoms with van der Waals surface area (Å²) in [4.78, 5) is 11.5. The first-order valence-electron chi connectivity index (χ1n) is 5.88. The summed E-state index contributed by atoms with van der Waals surface area (Å²) in [6, 6.07) is 3.05. The maximum Gasteiger partial charge on any atom is 0.315 e. The van der Waals surface area contributed by atoms with Gasteiger partial charge in [0.2, 0.25) is 0 Å². The van der Waals surface area contributed by atoms with Crippen LogP contribution in [0.4, 0.5) is 4.79 Å². The number of ether oxygens (including phenoxy) is 1. The van der Waals surface area contributed by atoms with E-state index in [1.807, 2.05) is 6.92 Å². The molecule has 0 spiro atoms. The monoisotopic (exact) mass is 256 g/mol. The molecule has 1 rings (SSSR count). The molecule has 2 unspecified atom stereocenters. The minimum absolute atomic E-state index is 0.0192. The minimum Gasteiger partial charge on any atom is -0.467 e. The molecule has 0 aromatic carbocycles. The summed E-state index contributed by atoms with van der Waals surface area (Å²) in [5.41, 5.74) is 0. The van der Waals surface area contributed by atoms with Crippen LogP contribution in [0, 0.1) is 0 Å². The van der Waals surface area contributed by atoms with Gasteiger partial charge in [0.15, 0.2) is 0 Å². The van der Waals surface area contributed by atoms with E-state index in [1.165, 1.54) is 6.26 Å². The van der Waals surface area contributed by atoms with Gasteiger partial charge in [-0.05, 0) is 25.5 Å². The molecule has 2 atom stereocenters. The molecule has 1 heterocycles. The quantitative estimate of drug-likeness (QED) is 0.680. The van der Waals surface area contributed by atoms with E-state index in [0.717, 1.165) is 6.42 Å². The van der Waals surface area contributed by atoms with Gasteiger partial charge in [0.25, 0.3) is 0 Å². The zero-order valence-electron chi connectivity index (χ0n) is 10.7. The molecule has 0 aliphatic carbocycles. The van der Waals surface area contributed by atoms with Crippen LogP contribution in [0.1, 0.15) is 25.2 Å². The van der Waals surface area contributed by atoms with Crippen molar-refractivity contribution < 1.29 is 19.1 Å². The molecule has 0 saturated heterocycles. The zero-order valence-corrected chi connectivity index (χ0v) is 10.7. The summed E-state index contributed by atoms with van der Waals surface area (Å²) in [7, 11) is 1.62. The molecule has 1 aromatic rings. The van der Waals surface area contributed by atoms with Crippen LogP contribution in [0.25, 0.3) is 0 Å². The van der Waals surface area contributed by atoms with Crippen LogP contribution in [0.3, 0.4) is 0 Å². The molecule has 6 heteroatoms. The molecule has 0 aliphatic heterocycles. The lowest BCUT2D eigenvalue weighted by atomic mass is 10.2. The van der Waals surface area contributed by atoms with Gasteiger partial charge in [-0.25, -0.2) is 4.79 Å². The molecule has 0 saturated carbocycles. The van der Waals surface area contributed by atoms with E-state index in [9.17, 15) is 9.90 Å². The maximum atomic E-state index is 11.5. The molecular formula is C12H20N2O4. The summed E-state index contributed by atoms with van der Waals surface area (Å²) in [6.45, 7) is 2.59. The SMILES string of the molecule is COCCC(C)NC(=O)NCC(O)c1ccco1. The van der Waals surface area contributed by atoms with Crippen molar-refractivity contribution in [1.29, 1.82) is 0 Å². The maximum absolute atomic E-state index is 11.5. The Morgan fingerprint density at radius 3 is 3.00 bits per heavy atom. The van der Waals surface area contributed by atoms with Gasteiger partial charge >= 0.3 is 6.03 Å². The van der Waals surface area contributed by atoms with E-state index in [4.69, 9.17) is 9.15 Å². The van der Waals surface area contributed by atoms with Gasteiger partial charge in [-0.15, -0.1) is 0 Å². The molecule has 0 bridgehead atoms. The van der Waals surface area contributed by atoms with Crippen molar-refractivity contribution in [1.82, 2.24) is 10.6 Å². The van der Waals surface area contributed by atoms with E-state index in [1.54, 1.807) is 19.2 Å². The van der Waals surface area contributed by atoms with Gasteiger partial charge in [-0.3, -0.25) is 0 Å². The van der Waals surface area contributed by atoms with Crippen LogP contribution >= 0.6 is 0 Å². The number of rotatable bonds is 7. The summed E-state index contributed by atoms with van der Waals surface area (Å²) in [5, 5.41) is 15.0. The molecule has 102 valence electrons. The number of furan rings is 1. The van der Waals surface area contributed by atoms with E-state index in [2.05, 4.69) is 10.6 Å². The first-order chi connectivity index (χ1) is 8.63. The Bertz CT molecular complexity index is 340. The second-order valence-corrected chi connectivity index (χ2v) is 4.07. The Balaban J connectivity index is 2.20. The first-order valence-corrected chi connectivity index (χ1v) is 5.88. The number of nitrogens with one attached hydrogen (secondary N) is 2. The van der Waals surface area contributed by atoms with Crippen molar-refractivity contribution in [3.63, 3.8) is 0 Å². The summed E-state index contributed by atoms with van der Waals surface area (Å²) < 4.78 is 9.94. The standard InChI is InChI=1S/C12H20N2O4/c1-9(5-7-17-2)14-12(16)13-8-10(15)11-4-3-6-18-11/h3-4,6,9-10,15H,5,7-8H2,1-2H3,(H2,13,14,16). The molecular weight excluding hydrogens is 236 g/mol. The van der Waals surface area contributed by atoms with Crippen LogP contribution < -0.4 is 10.6 Å². The average Bonchev–Trinajstić information content (AvgIpc) is 2.87. The summed E-state index contributed by atoms with van der Waals surface area (Å²) >= 11 is 0. The molecule has 3 N–H and O–H groups in total. The highest BCUT2D eigenvalue weighted by Gasteiger charge is 2.12. The van der Waals surface area contributed by atoms with Crippen LogP contribution in [0.15, 0.2) is 22.8 Å². The van der Waals surface area contributed by atoms with Gasteiger partial charge < -0.3 is 24.9 Å². The van der Waals surface area contributed by atoms with Gasteiger partial charge in [-0.2, -0.15) is 0 Å². The van der Waals surface area contributed by atoms with Crippen molar-refractivity contribution in [3.8, 4) is 0 Å². The molecule has 0 radical (unpaired) electrons. The summed E-state index contributed by atoms with van der Waals surface area (Å²) in [5.74, 6) is 0.433. The predicted octanol–water partition coefficient (Wildman–Crippen LogP) is 1.04. The molecule has 0 aliphatic rings. The highest BCUT2D eigenvalue weighted by atomic mass is 16.5. The number of methoxy groups -OCH3 is 1. The number of urea groups is 1. The third kappa shape index (κ3) is 5.20. The normalized spacial score (nSPS) is 13.9. The van der Waals surface area contributed by atoms with Gasteiger partial charge in [0.1, 0.15) is 11.9 Å². The molecule has 18 heavy (non-hydrogen) atoms. The van der Waals surface area contributed by atoms with Crippen LogP contribution in [0.5, 0.6) is 0 Å². The van der Waals surface area contributed by atoms with E-state index in [-0.39, 0.29) is 18.6 Å². The van der Waals surface area contributed by atoms with Crippen molar-refractivity contribution >= 4 is 6.03 Å². The second-order valence-electron chi connectivity index (χ2n) is 4.07. The van der Waals surface area contributed by atoms with Crippen molar-refractivity contribution in [2.24, 2.45) is 0 Å². The number of amides is 2. The van der Waals surface area contributed by atoms with Crippen LogP contribution in [-0.4, -0.2) is 37.4 Å². The number of hydrogen-bond donors (Lipinski definition) is 3. The van der Waals surface area contributed by atoms with Crippen LogP contribution in [0.2, 0.25) is 0 Å². The average molecular weight is 256 g/mol. The molecule has 0 fully saturated rings. The van der Waals surface area contributed by atoms with Gasteiger partial charge in [0, 0.05) is 19.8 Å². The number of carbonyl (C=O) groups excluding carboxylic acids is 1. The molecule has 2 amide bonds. The van der Waals surface area contributed by atoms with E-state index < -0.39 is 6.10 Å². The smallest absolute Gasteiger partial charge is 0.315 e. The predicted molar refractivity (Wildman–Crippen MR) is 66.2 cm³/mol. The fraction of sp³-hybridized carbons (Fsp3) is 0.583. The largest absolute Gasteiger partial charge is 0.467 e. The highest BCUT2D eigenvalue weighted by molar-refractivity contribution is 5.74. The van der Waals surface area contributed by atoms with Crippen molar-refractivity contribution in [3.05, 3.63) is 24.2 Å². The third-order valence-corrected chi connectivity index (χ3v) is 2.46. The van der Waals surface area contributed by atoms with Crippen LogP contribution in [-0.2, 0) is 4.74 Å². The van der Waals surface area contributed by atoms with Crippen molar-refractivity contribution in [2.45, 2.75) is 25.5 Å². The Morgan fingerprint density at radius 2 is 2.39 bits per heavy atom. The fourth-order valence-electron chi connectivity index (χ4n) is 1.41. The number of aliphatic hydroxyl groups is 1. The Labute approximate surface area is 106 Å². The van der Waals surface area contributed by atoms with Crippen molar-refractivity contribution in [2.75, 3.05) is 20.3 Å². The van der Waals surface area contributed by atoms with E-state index in [0.29, 0.717) is 12.4 Å². The highest BCUT2D eigenvalue weighted by Crippen LogP contribution is 2.11. The zero-order chi connectivity index (χ0) is 13.4. The third-order valence-electron chi connectivity index (χ3n) is 2.46. The lowest BCUT2D eigenvalue weighted by Crippen LogP contribution is -2.42. The lowest BCUT2D eigenvalue weighted by Gasteiger charge is -2.15. The summed E-state index contributed by atoms with van der Waals surface area (Å²) in [6.07, 6.45) is 1.39. The molecule has 6 nitrogen and oxygen atoms in total. The van der Waals surface area contributed by atoms with Gasteiger partial charge in [-0.1, -0.05) is 0 Å². The van der Waals surface area contributed by atoms with Gasteiger partial charge in [0.05, 0.1) is 12.8 Å². The number of hydrogen-bond acceptors (Lipinski definition) is 4. The number of carbonyl (C=O) groups is 1. The number of aliphatic hydroxyl groups excluding tert-OH is 1. The minimum atomic E-state index is -0.833. The Kier molecular flexibility index (Phi) is 6.24. The Hall–Kier alpha value is -1.53. The second kappa shape index (κ2) is 7.73. The fourth-order valence-corrected chi connectivity index (χ4v) is 1.41. The topological polar surface area (TPSA) is 83.7 Å². The molecule has 1 aromatic heterocycles. The lowest BCUT2D eigenvalue weighted by molar-refractivity contribution is 0.147. The van der Waals surface area contributed by atoms with E-state index >= 15 is 0 Å². The first kappa shape index (κ1) is 14.5.